The number of rotatable bonds is 3. The van der Waals surface area contributed by atoms with Crippen LogP contribution in [0.25, 0.3) is 10.9 Å². The lowest BCUT2D eigenvalue weighted by molar-refractivity contribution is -0.137. The van der Waals surface area contributed by atoms with Gasteiger partial charge in [0, 0.05) is 28.7 Å². The molecule has 1 unspecified atom stereocenters. The topological polar surface area (TPSA) is 30.9 Å². The summed E-state index contributed by atoms with van der Waals surface area (Å²) in [6.45, 7) is 4.98. The summed E-state index contributed by atoms with van der Waals surface area (Å²) >= 11 is 0. The Hall–Kier alpha value is -2.27. The largest absolute Gasteiger partial charge is 0.416 e. The molecular formula is C24H27F3N2. The van der Waals surface area contributed by atoms with Gasteiger partial charge in [-0.15, -0.1) is 0 Å². The highest BCUT2D eigenvalue weighted by Gasteiger charge is 2.30. The lowest BCUT2D eigenvalue weighted by Crippen LogP contribution is -2.37. The van der Waals surface area contributed by atoms with E-state index >= 15 is 0 Å². The van der Waals surface area contributed by atoms with Gasteiger partial charge in [0.25, 0.3) is 0 Å². The molecule has 2 nitrogen and oxygen atoms in total. The van der Waals surface area contributed by atoms with Gasteiger partial charge in [-0.1, -0.05) is 23.8 Å². The summed E-state index contributed by atoms with van der Waals surface area (Å²) in [6, 6.07) is 12.1. The van der Waals surface area contributed by atoms with Crippen LogP contribution in [0.4, 0.5) is 13.2 Å². The number of alkyl halides is 3. The Labute approximate surface area is 169 Å². The van der Waals surface area contributed by atoms with E-state index in [1.54, 1.807) is 12.1 Å². The van der Waals surface area contributed by atoms with E-state index in [1.807, 2.05) is 0 Å². The van der Waals surface area contributed by atoms with Crippen LogP contribution in [-0.2, 0) is 32.0 Å². The van der Waals surface area contributed by atoms with Crippen molar-refractivity contribution >= 4 is 10.9 Å². The molecule has 0 saturated heterocycles. The molecule has 4 rings (SSSR count). The number of nitrogens with two attached hydrogens (primary N) is 1. The molecule has 0 aliphatic heterocycles. The van der Waals surface area contributed by atoms with E-state index in [1.165, 1.54) is 39.9 Å². The molecule has 1 aliphatic carbocycles. The minimum atomic E-state index is -4.29. The summed E-state index contributed by atoms with van der Waals surface area (Å²) in [5.41, 5.74) is 11.8. The number of benzene rings is 2. The van der Waals surface area contributed by atoms with Crippen LogP contribution in [0.15, 0.2) is 42.5 Å². The minimum absolute atomic E-state index is 0.207. The second-order valence-electron chi connectivity index (χ2n) is 8.73. The van der Waals surface area contributed by atoms with Crippen LogP contribution < -0.4 is 5.73 Å². The molecule has 2 N–H and O–H groups in total. The number of fused-ring (bicyclic) bond motifs is 3. The Balaban J connectivity index is 1.68. The van der Waals surface area contributed by atoms with Crippen molar-refractivity contribution in [2.24, 2.45) is 5.73 Å². The predicted octanol–water partition coefficient (Wildman–Crippen LogP) is 5.81. The number of aryl methyl sites for hydroxylation is 3. The van der Waals surface area contributed by atoms with Gasteiger partial charge in [-0.25, -0.2) is 0 Å². The highest BCUT2D eigenvalue weighted by molar-refractivity contribution is 5.86. The van der Waals surface area contributed by atoms with Gasteiger partial charge in [0.05, 0.1) is 5.56 Å². The third-order valence-corrected chi connectivity index (χ3v) is 6.09. The number of hydrogen-bond donors (Lipinski definition) is 1. The molecule has 3 aromatic rings. The fourth-order valence-electron chi connectivity index (χ4n) is 4.58. The van der Waals surface area contributed by atoms with Crippen LogP contribution in [0.3, 0.4) is 0 Å². The Morgan fingerprint density at radius 3 is 2.52 bits per heavy atom. The zero-order valence-electron chi connectivity index (χ0n) is 16.9. The van der Waals surface area contributed by atoms with Gasteiger partial charge in [-0.05, 0) is 81.3 Å². The molecular weight excluding hydrogens is 373 g/mol. The average Bonchev–Trinajstić information content (AvgIpc) is 2.80. The first-order valence-corrected chi connectivity index (χ1v) is 10.2. The van der Waals surface area contributed by atoms with Gasteiger partial charge in [0.1, 0.15) is 0 Å². The van der Waals surface area contributed by atoms with Crippen molar-refractivity contribution in [2.75, 3.05) is 0 Å². The van der Waals surface area contributed by atoms with E-state index in [4.69, 9.17) is 5.73 Å². The Bertz CT molecular complexity index is 1030. The zero-order chi connectivity index (χ0) is 20.8. The van der Waals surface area contributed by atoms with Gasteiger partial charge in [0.2, 0.25) is 0 Å². The van der Waals surface area contributed by atoms with Gasteiger partial charge in [-0.2, -0.15) is 13.2 Å². The van der Waals surface area contributed by atoms with E-state index in [-0.39, 0.29) is 5.54 Å². The molecule has 0 saturated carbocycles. The number of halogens is 3. The highest BCUT2D eigenvalue weighted by Crippen LogP contribution is 2.35. The molecule has 0 radical (unpaired) electrons. The van der Waals surface area contributed by atoms with E-state index in [9.17, 15) is 13.2 Å². The van der Waals surface area contributed by atoms with Crippen molar-refractivity contribution in [3.05, 3.63) is 70.4 Å². The van der Waals surface area contributed by atoms with Crippen molar-refractivity contribution in [3.63, 3.8) is 0 Å². The summed E-state index contributed by atoms with van der Waals surface area (Å²) in [5, 5.41) is 1.27. The molecule has 0 amide bonds. The second kappa shape index (κ2) is 7.21. The summed E-state index contributed by atoms with van der Waals surface area (Å²) in [5.74, 6) is 0. The number of aromatic nitrogens is 1. The highest BCUT2D eigenvalue weighted by atomic mass is 19.4. The standard InChI is InChI=1S/C24H27F3N2/c1-16-5-10-22-19(14-16)20-15-23(2,28)12-3-4-21(20)29(22)13-11-17-6-8-18(9-7-17)24(25,26)27/h5-10,14H,3-4,11-13,15,28H2,1-2H3. The molecule has 0 bridgehead atoms. The molecule has 29 heavy (non-hydrogen) atoms. The summed E-state index contributed by atoms with van der Waals surface area (Å²) in [4.78, 5) is 0. The molecule has 2 aromatic carbocycles. The third-order valence-electron chi connectivity index (χ3n) is 6.09. The summed E-state index contributed by atoms with van der Waals surface area (Å²) in [6.07, 6.45) is 0.295. The van der Waals surface area contributed by atoms with Crippen LogP contribution >= 0.6 is 0 Å². The Kier molecular flexibility index (Phi) is 4.97. The summed E-state index contributed by atoms with van der Waals surface area (Å²) < 4.78 is 40.8. The minimum Gasteiger partial charge on any atom is -0.344 e. The third kappa shape index (κ3) is 4.06. The average molecular weight is 400 g/mol. The monoisotopic (exact) mass is 400 g/mol. The maximum absolute atomic E-state index is 12.8. The van der Waals surface area contributed by atoms with Crippen molar-refractivity contribution in [1.82, 2.24) is 4.57 Å². The van der Waals surface area contributed by atoms with Crippen molar-refractivity contribution in [3.8, 4) is 0 Å². The van der Waals surface area contributed by atoms with Gasteiger partial charge in [-0.3, -0.25) is 0 Å². The van der Waals surface area contributed by atoms with Crippen molar-refractivity contribution in [1.29, 1.82) is 0 Å². The van der Waals surface area contributed by atoms with Gasteiger partial charge >= 0.3 is 6.18 Å². The Morgan fingerprint density at radius 1 is 1.10 bits per heavy atom. The van der Waals surface area contributed by atoms with Crippen LogP contribution in [-0.4, -0.2) is 10.1 Å². The van der Waals surface area contributed by atoms with Crippen LogP contribution in [0, 0.1) is 6.92 Å². The smallest absolute Gasteiger partial charge is 0.344 e. The van der Waals surface area contributed by atoms with E-state index in [0.717, 1.165) is 37.8 Å². The predicted molar refractivity (Wildman–Crippen MR) is 111 cm³/mol. The fourth-order valence-corrected chi connectivity index (χ4v) is 4.58. The molecule has 5 heteroatoms. The van der Waals surface area contributed by atoms with E-state index < -0.39 is 11.7 Å². The first-order valence-electron chi connectivity index (χ1n) is 10.2. The van der Waals surface area contributed by atoms with Crippen LogP contribution in [0.1, 0.15) is 47.7 Å². The quantitative estimate of drug-likeness (QED) is 0.553. The number of hydrogen-bond acceptors (Lipinski definition) is 1. The fraction of sp³-hybridized carbons (Fsp3) is 0.417. The van der Waals surface area contributed by atoms with Crippen molar-refractivity contribution in [2.45, 2.75) is 64.2 Å². The van der Waals surface area contributed by atoms with Crippen molar-refractivity contribution < 1.29 is 13.2 Å². The van der Waals surface area contributed by atoms with Crippen LogP contribution in [0.2, 0.25) is 0 Å². The maximum Gasteiger partial charge on any atom is 0.416 e. The molecule has 0 spiro atoms. The van der Waals surface area contributed by atoms with Gasteiger partial charge < -0.3 is 10.3 Å². The van der Waals surface area contributed by atoms with Gasteiger partial charge in [0.15, 0.2) is 0 Å². The molecule has 1 atom stereocenters. The normalized spacial score (nSPS) is 19.9. The number of nitrogens with zero attached hydrogens (tertiary/aromatic N) is 1. The lowest BCUT2D eigenvalue weighted by Gasteiger charge is -2.22. The van der Waals surface area contributed by atoms with E-state index in [0.29, 0.717) is 6.42 Å². The lowest BCUT2D eigenvalue weighted by atomic mass is 9.91. The Morgan fingerprint density at radius 2 is 1.83 bits per heavy atom. The molecule has 154 valence electrons. The molecule has 1 heterocycles. The molecule has 0 fully saturated rings. The second-order valence-corrected chi connectivity index (χ2v) is 8.73. The first kappa shape index (κ1) is 20.0. The SMILES string of the molecule is Cc1ccc2c(c1)c1c(n2CCc2ccc(C(F)(F)F)cc2)CCCC(C)(N)C1. The molecule has 1 aliphatic rings. The van der Waals surface area contributed by atoms with Crippen LogP contribution in [0.5, 0.6) is 0 Å². The first-order chi connectivity index (χ1) is 13.6. The van der Waals surface area contributed by atoms with E-state index in [2.05, 4.69) is 36.6 Å². The maximum atomic E-state index is 12.8. The molecule has 1 aromatic heterocycles. The summed E-state index contributed by atoms with van der Waals surface area (Å²) in [7, 11) is 0. The zero-order valence-corrected chi connectivity index (χ0v) is 16.9.